The van der Waals surface area contributed by atoms with Crippen molar-refractivity contribution in [2.75, 3.05) is 27.4 Å². The molecule has 162 valence electrons. The quantitative estimate of drug-likeness (QED) is 0.469. The summed E-state index contributed by atoms with van der Waals surface area (Å²) in [6.45, 7) is 5.59. The van der Waals surface area contributed by atoms with E-state index in [1.807, 2.05) is 0 Å². The molecule has 0 fully saturated rings. The average molecular weight is 435 g/mol. The zero-order chi connectivity index (χ0) is 22.6. The Morgan fingerprint density at radius 2 is 1.80 bits per heavy atom. The third-order valence-corrected chi connectivity index (χ3v) is 5.63. The van der Waals surface area contributed by atoms with Crippen LogP contribution in [0.5, 0.6) is 0 Å². The Labute approximate surface area is 181 Å². The molecule has 30 heavy (non-hydrogen) atoms. The number of hydrogen-bond donors (Lipinski definition) is 0. The predicted octanol–water partition coefficient (Wildman–Crippen LogP) is 3.44. The summed E-state index contributed by atoms with van der Waals surface area (Å²) in [5.41, 5.74) is 2.18. The van der Waals surface area contributed by atoms with Crippen LogP contribution in [0.4, 0.5) is 0 Å². The highest BCUT2D eigenvalue weighted by Gasteiger charge is 2.33. The van der Waals surface area contributed by atoms with Crippen LogP contribution in [-0.2, 0) is 16.5 Å². The minimum atomic E-state index is -0.797. The van der Waals surface area contributed by atoms with E-state index in [0.29, 0.717) is 33.1 Å². The van der Waals surface area contributed by atoms with E-state index in [0.717, 1.165) is 0 Å². The zero-order valence-electron chi connectivity index (χ0n) is 18.1. The van der Waals surface area contributed by atoms with Crippen LogP contribution in [-0.4, -0.2) is 60.5 Å². The molecule has 0 radical (unpaired) electrons. The standard InChI is InChI=1S/C22H27ClN2O5/c1-13-18(14(2)24(4)19(13)22(28)30-6)20(26)15(3)25(11-12-29-5)21(27)16-9-7-8-10-17(16)23/h7-10,15H,11-12H2,1-6H3/t15-/m0/s1. The van der Waals surface area contributed by atoms with Gasteiger partial charge in [0.2, 0.25) is 0 Å². The van der Waals surface area contributed by atoms with Gasteiger partial charge in [0, 0.05) is 32.0 Å². The number of rotatable bonds is 8. The van der Waals surface area contributed by atoms with Gasteiger partial charge in [-0.2, -0.15) is 0 Å². The van der Waals surface area contributed by atoms with Crippen molar-refractivity contribution >= 4 is 29.3 Å². The molecule has 0 N–H and O–H groups in total. The van der Waals surface area contributed by atoms with E-state index in [1.54, 1.807) is 56.7 Å². The third-order valence-electron chi connectivity index (χ3n) is 5.30. The summed E-state index contributed by atoms with van der Waals surface area (Å²) in [5.74, 6) is -1.15. The second-order valence-corrected chi connectivity index (χ2v) is 7.40. The van der Waals surface area contributed by atoms with E-state index in [1.165, 1.54) is 19.1 Å². The van der Waals surface area contributed by atoms with Gasteiger partial charge in [-0.1, -0.05) is 23.7 Å². The lowest BCUT2D eigenvalue weighted by atomic mass is 9.99. The number of Topliss-reactive ketones (excluding diaryl/α,β-unsaturated/α-hetero) is 1. The molecule has 2 aromatic rings. The van der Waals surface area contributed by atoms with Gasteiger partial charge >= 0.3 is 5.97 Å². The summed E-state index contributed by atoms with van der Waals surface area (Å²) in [5, 5.41) is 0.310. The normalized spacial score (nSPS) is 11.8. The van der Waals surface area contributed by atoms with E-state index < -0.39 is 12.0 Å². The molecule has 1 heterocycles. The monoisotopic (exact) mass is 434 g/mol. The molecule has 1 aromatic carbocycles. The lowest BCUT2D eigenvalue weighted by Crippen LogP contribution is -2.45. The first-order chi connectivity index (χ1) is 14.2. The maximum absolute atomic E-state index is 13.5. The molecule has 0 spiro atoms. The first-order valence-corrected chi connectivity index (χ1v) is 9.87. The van der Waals surface area contributed by atoms with E-state index in [9.17, 15) is 14.4 Å². The fraction of sp³-hybridized carbons (Fsp3) is 0.409. The Morgan fingerprint density at radius 1 is 1.17 bits per heavy atom. The largest absolute Gasteiger partial charge is 0.464 e. The molecule has 1 atom stereocenters. The number of hydrogen-bond acceptors (Lipinski definition) is 5. The Balaban J connectivity index is 2.47. The summed E-state index contributed by atoms with van der Waals surface area (Å²) >= 11 is 6.21. The van der Waals surface area contributed by atoms with Crippen molar-refractivity contribution in [2.45, 2.75) is 26.8 Å². The Kier molecular flexibility index (Phi) is 7.81. The van der Waals surface area contributed by atoms with Crippen molar-refractivity contribution in [1.82, 2.24) is 9.47 Å². The van der Waals surface area contributed by atoms with Gasteiger partial charge in [0.05, 0.1) is 30.3 Å². The highest BCUT2D eigenvalue weighted by atomic mass is 35.5. The van der Waals surface area contributed by atoms with Gasteiger partial charge in [-0.05, 0) is 38.5 Å². The number of ether oxygens (including phenoxy) is 2. The molecule has 7 nitrogen and oxygen atoms in total. The maximum atomic E-state index is 13.5. The molecular weight excluding hydrogens is 408 g/mol. The zero-order valence-corrected chi connectivity index (χ0v) is 18.9. The van der Waals surface area contributed by atoms with Gasteiger partial charge in [-0.3, -0.25) is 9.59 Å². The van der Waals surface area contributed by atoms with Crippen LogP contribution in [0.1, 0.15) is 49.4 Å². The molecular formula is C22H27ClN2O5. The number of amides is 1. The molecule has 1 aromatic heterocycles. The minimum absolute atomic E-state index is 0.211. The molecule has 0 aliphatic heterocycles. The fourth-order valence-electron chi connectivity index (χ4n) is 3.53. The van der Waals surface area contributed by atoms with E-state index in [2.05, 4.69) is 0 Å². The first-order valence-electron chi connectivity index (χ1n) is 9.50. The molecule has 2 rings (SSSR count). The van der Waals surface area contributed by atoms with Gasteiger partial charge in [0.1, 0.15) is 5.69 Å². The summed E-state index contributed by atoms with van der Waals surface area (Å²) in [4.78, 5) is 40.3. The van der Waals surface area contributed by atoms with Crippen molar-refractivity contribution in [3.05, 3.63) is 57.4 Å². The SMILES string of the molecule is COCCN(C(=O)c1ccccc1Cl)[C@@H](C)C(=O)c1c(C)c(C(=O)OC)n(C)c1C. The number of methoxy groups -OCH3 is 2. The second-order valence-electron chi connectivity index (χ2n) is 7.00. The molecule has 0 aliphatic carbocycles. The first kappa shape index (κ1) is 23.6. The summed E-state index contributed by atoms with van der Waals surface area (Å²) in [6, 6.07) is 5.90. The highest BCUT2D eigenvalue weighted by molar-refractivity contribution is 6.33. The molecule has 0 saturated heterocycles. The molecule has 0 unspecified atom stereocenters. The van der Waals surface area contributed by atoms with Crippen LogP contribution < -0.4 is 0 Å². The number of esters is 1. The Hall–Kier alpha value is -2.64. The highest BCUT2D eigenvalue weighted by Crippen LogP contribution is 2.26. The number of benzene rings is 1. The van der Waals surface area contributed by atoms with Crippen molar-refractivity contribution in [3.8, 4) is 0 Å². The van der Waals surface area contributed by atoms with E-state index >= 15 is 0 Å². The summed E-state index contributed by atoms with van der Waals surface area (Å²) in [6.07, 6.45) is 0. The number of carbonyl (C=O) groups is 3. The minimum Gasteiger partial charge on any atom is -0.464 e. The van der Waals surface area contributed by atoms with Crippen LogP contribution in [0.3, 0.4) is 0 Å². The van der Waals surface area contributed by atoms with Crippen LogP contribution in [0.2, 0.25) is 5.02 Å². The van der Waals surface area contributed by atoms with Gasteiger partial charge in [0.15, 0.2) is 5.78 Å². The van der Waals surface area contributed by atoms with Crippen LogP contribution in [0.25, 0.3) is 0 Å². The molecule has 8 heteroatoms. The lowest BCUT2D eigenvalue weighted by Gasteiger charge is -2.29. The predicted molar refractivity (Wildman–Crippen MR) is 114 cm³/mol. The Morgan fingerprint density at radius 3 is 2.37 bits per heavy atom. The number of nitrogens with zero attached hydrogens (tertiary/aromatic N) is 2. The number of aromatic nitrogens is 1. The van der Waals surface area contributed by atoms with Gasteiger partial charge in [0.25, 0.3) is 5.91 Å². The average Bonchev–Trinajstić information content (AvgIpc) is 2.95. The van der Waals surface area contributed by atoms with Crippen LogP contribution in [0.15, 0.2) is 24.3 Å². The van der Waals surface area contributed by atoms with Crippen molar-refractivity contribution in [2.24, 2.45) is 7.05 Å². The van der Waals surface area contributed by atoms with E-state index in [-0.39, 0.29) is 24.8 Å². The summed E-state index contributed by atoms with van der Waals surface area (Å²) in [7, 11) is 4.52. The maximum Gasteiger partial charge on any atom is 0.354 e. The van der Waals surface area contributed by atoms with E-state index in [4.69, 9.17) is 21.1 Å². The summed E-state index contributed by atoms with van der Waals surface area (Å²) < 4.78 is 11.6. The van der Waals surface area contributed by atoms with Crippen molar-refractivity contribution in [1.29, 1.82) is 0 Å². The Bertz CT molecular complexity index is 967. The number of halogens is 1. The smallest absolute Gasteiger partial charge is 0.354 e. The lowest BCUT2D eigenvalue weighted by molar-refractivity contribution is 0.0563. The van der Waals surface area contributed by atoms with Crippen LogP contribution >= 0.6 is 11.6 Å². The molecule has 1 amide bonds. The van der Waals surface area contributed by atoms with Gasteiger partial charge in [-0.15, -0.1) is 0 Å². The fourth-order valence-corrected chi connectivity index (χ4v) is 3.74. The van der Waals surface area contributed by atoms with Gasteiger partial charge in [-0.25, -0.2) is 4.79 Å². The number of ketones is 1. The number of carbonyl (C=O) groups excluding carboxylic acids is 3. The molecule has 0 aliphatic rings. The third kappa shape index (κ3) is 4.42. The molecule has 0 saturated carbocycles. The van der Waals surface area contributed by atoms with Gasteiger partial charge < -0.3 is 18.9 Å². The van der Waals surface area contributed by atoms with Crippen LogP contribution in [0, 0.1) is 13.8 Å². The van der Waals surface area contributed by atoms with Crippen molar-refractivity contribution in [3.63, 3.8) is 0 Å². The topological polar surface area (TPSA) is 77.8 Å². The molecule has 0 bridgehead atoms. The second kappa shape index (κ2) is 9.91. The van der Waals surface area contributed by atoms with Crippen molar-refractivity contribution < 1.29 is 23.9 Å².